The molecule has 0 atom stereocenters. The van der Waals surface area contributed by atoms with Crippen LogP contribution in [-0.4, -0.2) is 58.6 Å². The maximum absolute atomic E-state index is 11.6. The standard InChI is InChI=1S/C15H24N4O3S.HI/c1-5-16-15(18-11-14(20)19(2)3)17-10-12-6-8-13(9-7-12)23(4,21)22;/h6-9H,5,10-11H2,1-4H3,(H2,16,17,18);1H. The van der Waals surface area contributed by atoms with Gasteiger partial charge in [0.25, 0.3) is 0 Å². The van der Waals surface area contributed by atoms with E-state index in [1.54, 1.807) is 38.4 Å². The van der Waals surface area contributed by atoms with Gasteiger partial charge in [-0.2, -0.15) is 0 Å². The first-order valence-corrected chi connectivity index (χ1v) is 9.14. The molecule has 24 heavy (non-hydrogen) atoms. The number of likely N-dealkylation sites (N-methyl/N-ethyl adjacent to an activating group) is 1. The molecule has 1 rings (SSSR count). The Morgan fingerprint density at radius 3 is 2.21 bits per heavy atom. The van der Waals surface area contributed by atoms with E-state index >= 15 is 0 Å². The van der Waals surface area contributed by atoms with Crippen molar-refractivity contribution in [1.82, 2.24) is 15.5 Å². The van der Waals surface area contributed by atoms with Gasteiger partial charge in [-0.05, 0) is 24.6 Å². The first kappa shape index (κ1) is 22.6. The van der Waals surface area contributed by atoms with Gasteiger partial charge < -0.3 is 15.5 Å². The van der Waals surface area contributed by atoms with Crippen LogP contribution in [0.5, 0.6) is 0 Å². The smallest absolute Gasteiger partial charge is 0.241 e. The summed E-state index contributed by atoms with van der Waals surface area (Å²) in [5.41, 5.74) is 0.883. The summed E-state index contributed by atoms with van der Waals surface area (Å²) >= 11 is 0. The second-order valence-electron chi connectivity index (χ2n) is 5.25. The van der Waals surface area contributed by atoms with Crippen molar-refractivity contribution >= 4 is 45.7 Å². The van der Waals surface area contributed by atoms with Crippen LogP contribution in [0.25, 0.3) is 0 Å². The van der Waals surface area contributed by atoms with Gasteiger partial charge in [0.1, 0.15) is 0 Å². The van der Waals surface area contributed by atoms with Crippen molar-refractivity contribution in [2.45, 2.75) is 18.4 Å². The number of halogens is 1. The van der Waals surface area contributed by atoms with Crippen LogP contribution >= 0.6 is 24.0 Å². The molecular formula is C15H25IN4O3S. The van der Waals surface area contributed by atoms with Crippen molar-refractivity contribution in [3.8, 4) is 0 Å². The number of nitrogens with zero attached hydrogens (tertiary/aromatic N) is 2. The number of hydrogen-bond acceptors (Lipinski definition) is 4. The number of benzene rings is 1. The molecule has 0 aromatic heterocycles. The number of hydrogen-bond donors (Lipinski definition) is 2. The Kier molecular flexibility index (Phi) is 9.90. The molecule has 0 heterocycles. The molecule has 0 unspecified atom stereocenters. The van der Waals surface area contributed by atoms with Crippen molar-refractivity contribution < 1.29 is 13.2 Å². The molecule has 0 spiro atoms. The van der Waals surface area contributed by atoms with Gasteiger partial charge in [-0.15, -0.1) is 24.0 Å². The fraction of sp³-hybridized carbons (Fsp3) is 0.467. The number of aliphatic imine (C=N–C) groups is 1. The largest absolute Gasteiger partial charge is 0.357 e. The van der Waals surface area contributed by atoms with E-state index in [0.717, 1.165) is 5.56 Å². The van der Waals surface area contributed by atoms with E-state index in [-0.39, 0.29) is 41.3 Å². The molecule has 0 saturated heterocycles. The predicted molar refractivity (Wildman–Crippen MR) is 106 cm³/mol. The lowest BCUT2D eigenvalue weighted by Crippen LogP contribution is -2.42. The molecule has 1 amide bonds. The van der Waals surface area contributed by atoms with Gasteiger partial charge in [0.05, 0.1) is 18.0 Å². The summed E-state index contributed by atoms with van der Waals surface area (Å²) in [6.45, 7) is 3.16. The van der Waals surface area contributed by atoms with Crippen molar-refractivity contribution in [1.29, 1.82) is 0 Å². The van der Waals surface area contributed by atoms with Crippen LogP contribution in [0.1, 0.15) is 12.5 Å². The zero-order valence-electron chi connectivity index (χ0n) is 14.4. The number of sulfone groups is 1. The van der Waals surface area contributed by atoms with Crippen molar-refractivity contribution in [2.24, 2.45) is 4.99 Å². The fourth-order valence-corrected chi connectivity index (χ4v) is 2.30. The summed E-state index contributed by atoms with van der Waals surface area (Å²) in [6, 6.07) is 6.59. The Bertz CT molecular complexity index is 658. The second kappa shape index (κ2) is 10.5. The Hall–Kier alpha value is -1.36. The molecule has 0 radical (unpaired) electrons. The SMILES string of the molecule is CCNC(=NCc1ccc(S(C)(=O)=O)cc1)NCC(=O)N(C)C.I. The number of guanidine groups is 1. The first-order chi connectivity index (χ1) is 10.7. The van der Waals surface area contributed by atoms with Gasteiger partial charge >= 0.3 is 0 Å². The molecule has 0 aliphatic rings. The lowest BCUT2D eigenvalue weighted by Gasteiger charge is -2.14. The Morgan fingerprint density at radius 1 is 1.17 bits per heavy atom. The fourth-order valence-electron chi connectivity index (χ4n) is 1.67. The van der Waals surface area contributed by atoms with Gasteiger partial charge in [0.15, 0.2) is 15.8 Å². The normalized spacial score (nSPS) is 11.4. The van der Waals surface area contributed by atoms with Crippen molar-refractivity contribution in [2.75, 3.05) is 33.4 Å². The van der Waals surface area contributed by atoms with Gasteiger partial charge in [-0.1, -0.05) is 12.1 Å². The summed E-state index contributed by atoms with van der Waals surface area (Å²) in [5.74, 6) is 0.489. The molecule has 0 fully saturated rings. The number of rotatable bonds is 6. The highest BCUT2D eigenvalue weighted by Gasteiger charge is 2.07. The number of carbonyl (C=O) groups is 1. The molecule has 7 nitrogen and oxygen atoms in total. The van der Waals surface area contributed by atoms with Crippen LogP contribution in [0.3, 0.4) is 0 Å². The van der Waals surface area contributed by atoms with Crippen LogP contribution in [0.4, 0.5) is 0 Å². The summed E-state index contributed by atoms with van der Waals surface area (Å²) in [6.07, 6.45) is 1.18. The molecule has 0 bridgehead atoms. The van der Waals surface area contributed by atoms with Crippen LogP contribution in [0.15, 0.2) is 34.2 Å². The monoisotopic (exact) mass is 468 g/mol. The Labute approximate surface area is 160 Å². The van der Waals surface area contributed by atoms with Crippen LogP contribution < -0.4 is 10.6 Å². The maximum atomic E-state index is 11.6. The van der Waals surface area contributed by atoms with Crippen LogP contribution in [-0.2, 0) is 21.2 Å². The van der Waals surface area contributed by atoms with Gasteiger partial charge in [0, 0.05) is 26.9 Å². The lowest BCUT2D eigenvalue weighted by molar-refractivity contribution is -0.127. The topological polar surface area (TPSA) is 90.9 Å². The third-order valence-corrected chi connectivity index (χ3v) is 4.15. The Morgan fingerprint density at radius 2 is 1.75 bits per heavy atom. The molecule has 2 N–H and O–H groups in total. The molecule has 0 aliphatic heterocycles. The van der Waals surface area contributed by atoms with E-state index in [1.807, 2.05) is 6.92 Å². The molecule has 1 aromatic rings. The average Bonchev–Trinajstić information content (AvgIpc) is 2.49. The highest BCUT2D eigenvalue weighted by atomic mass is 127. The average molecular weight is 468 g/mol. The molecule has 1 aromatic carbocycles. The number of nitrogens with one attached hydrogen (secondary N) is 2. The van der Waals surface area contributed by atoms with E-state index in [2.05, 4.69) is 15.6 Å². The second-order valence-corrected chi connectivity index (χ2v) is 7.27. The van der Waals surface area contributed by atoms with E-state index < -0.39 is 9.84 Å². The van der Waals surface area contributed by atoms with Gasteiger partial charge in [-0.25, -0.2) is 13.4 Å². The lowest BCUT2D eigenvalue weighted by atomic mass is 10.2. The van der Waals surface area contributed by atoms with E-state index in [4.69, 9.17) is 0 Å². The van der Waals surface area contributed by atoms with Crippen LogP contribution in [0.2, 0.25) is 0 Å². The first-order valence-electron chi connectivity index (χ1n) is 7.25. The minimum Gasteiger partial charge on any atom is -0.357 e. The molecule has 136 valence electrons. The molecule has 9 heteroatoms. The van der Waals surface area contributed by atoms with Crippen molar-refractivity contribution in [3.63, 3.8) is 0 Å². The summed E-state index contributed by atoms with van der Waals surface area (Å²) in [4.78, 5) is 17.7. The number of carbonyl (C=O) groups excluding carboxylic acids is 1. The van der Waals surface area contributed by atoms with E-state index in [9.17, 15) is 13.2 Å². The van der Waals surface area contributed by atoms with Gasteiger partial charge in [0.2, 0.25) is 5.91 Å². The predicted octanol–water partition coefficient (Wildman–Crippen LogP) is 0.851. The van der Waals surface area contributed by atoms with E-state index in [1.165, 1.54) is 11.2 Å². The quantitative estimate of drug-likeness (QED) is 0.367. The van der Waals surface area contributed by atoms with E-state index in [0.29, 0.717) is 19.0 Å². The number of amides is 1. The molecular weight excluding hydrogens is 443 g/mol. The minimum absolute atomic E-state index is 0. The summed E-state index contributed by atoms with van der Waals surface area (Å²) in [7, 11) is 0.195. The summed E-state index contributed by atoms with van der Waals surface area (Å²) in [5, 5.41) is 6.01. The highest BCUT2D eigenvalue weighted by Crippen LogP contribution is 2.10. The summed E-state index contributed by atoms with van der Waals surface area (Å²) < 4.78 is 22.8. The minimum atomic E-state index is -3.19. The van der Waals surface area contributed by atoms with Crippen molar-refractivity contribution in [3.05, 3.63) is 29.8 Å². The molecule has 0 aliphatic carbocycles. The van der Waals surface area contributed by atoms with Crippen LogP contribution in [0, 0.1) is 0 Å². The highest BCUT2D eigenvalue weighted by molar-refractivity contribution is 14.0. The molecule has 0 saturated carbocycles. The maximum Gasteiger partial charge on any atom is 0.241 e. The van der Waals surface area contributed by atoms with Gasteiger partial charge in [-0.3, -0.25) is 4.79 Å². The third-order valence-electron chi connectivity index (χ3n) is 3.02. The zero-order valence-corrected chi connectivity index (χ0v) is 17.5. The Balaban J connectivity index is 0.00000529. The zero-order chi connectivity index (χ0) is 17.5. The third kappa shape index (κ3) is 7.95.